The number of nitrogens with one attached hydrogen (secondary N) is 2. The van der Waals surface area contributed by atoms with Gasteiger partial charge in [0.2, 0.25) is 0 Å². The standard InChI is InChI=1S/C24H26N4OS.C2H6/c1-6-26-23(29)28-24-27-21-13-19(18(10-15(2)3)11-16(4)5)12-20(22(21)30-24)17-8-7-9-25-14-17;1-2/h7-14H,2,6H2,1,3-5H3,(H2,26,27,28,29);1-2H3/b18-10+;. The quantitative estimate of drug-likeness (QED) is 0.385. The van der Waals surface area contributed by atoms with Crippen LogP contribution in [0.2, 0.25) is 0 Å². The predicted octanol–water partition coefficient (Wildman–Crippen LogP) is 7.45. The second-order valence-electron chi connectivity index (χ2n) is 7.28. The maximum Gasteiger partial charge on any atom is 0.321 e. The first-order chi connectivity index (χ1) is 15.4. The Bertz CT molecular complexity index is 1140. The third kappa shape index (κ3) is 6.62. The zero-order valence-electron chi connectivity index (χ0n) is 19.7. The molecular formula is C26H32N4OS. The van der Waals surface area contributed by atoms with Gasteiger partial charge in [-0.05, 0) is 57.0 Å². The Balaban J connectivity index is 0.00000176. The largest absolute Gasteiger partial charge is 0.338 e. The Labute approximate surface area is 195 Å². The minimum atomic E-state index is -0.257. The number of nitrogens with zero attached hydrogens (tertiary/aromatic N) is 2. The molecule has 2 N–H and O–H groups in total. The maximum absolute atomic E-state index is 12.0. The smallest absolute Gasteiger partial charge is 0.321 e. The van der Waals surface area contributed by atoms with E-state index in [1.165, 1.54) is 16.9 Å². The molecule has 0 saturated carbocycles. The zero-order valence-corrected chi connectivity index (χ0v) is 20.6. The van der Waals surface area contributed by atoms with Crippen LogP contribution in [0.1, 0.15) is 47.1 Å². The van der Waals surface area contributed by atoms with Crippen molar-refractivity contribution in [3.8, 4) is 11.1 Å². The number of hydrogen-bond acceptors (Lipinski definition) is 4. The maximum atomic E-state index is 12.0. The molecule has 2 heterocycles. The van der Waals surface area contributed by atoms with E-state index in [4.69, 9.17) is 0 Å². The molecule has 0 aliphatic heterocycles. The van der Waals surface area contributed by atoms with Gasteiger partial charge >= 0.3 is 6.03 Å². The van der Waals surface area contributed by atoms with E-state index in [1.54, 1.807) is 6.20 Å². The van der Waals surface area contributed by atoms with E-state index < -0.39 is 0 Å². The Kier molecular flexibility index (Phi) is 9.35. The Morgan fingerprint density at radius 2 is 1.94 bits per heavy atom. The van der Waals surface area contributed by atoms with Gasteiger partial charge in [-0.1, -0.05) is 61.1 Å². The Hall–Kier alpha value is -3.25. The zero-order chi connectivity index (χ0) is 23.7. The number of amides is 2. The Morgan fingerprint density at radius 1 is 1.19 bits per heavy atom. The monoisotopic (exact) mass is 448 g/mol. The molecule has 2 aromatic heterocycles. The molecule has 0 aliphatic rings. The molecule has 0 unspecified atom stereocenters. The van der Waals surface area contributed by atoms with Gasteiger partial charge in [0.1, 0.15) is 0 Å². The number of rotatable bonds is 6. The number of allylic oxidation sites excluding steroid dienone is 5. The highest BCUT2D eigenvalue weighted by Crippen LogP contribution is 2.38. The number of aromatic nitrogens is 2. The van der Waals surface area contributed by atoms with Crippen LogP contribution in [0.4, 0.5) is 9.93 Å². The van der Waals surface area contributed by atoms with Crippen LogP contribution in [0.15, 0.2) is 66.5 Å². The molecule has 2 amide bonds. The van der Waals surface area contributed by atoms with Crippen LogP contribution in [0, 0.1) is 0 Å². The fraction of sp³-hybridized carbons (Fsp3) is 0.269. The van der Waals surface area contributed by atoms with E-state index in [-0.39, 0.29) is 6.03 Å². The van der Waals surface area contributed by atoms with Crippen molar-refractivity contribution in [1.82, 2.24) is 15.3 Å². The summed E-state index contributed by atoms with van der Waals surface area (Å²) in [7, 11) is 0. The van der Waals surface area contributed by atoms with Gasteiger partial charge in [-0.15, -0.1) is 0 Å². The number of fused-ring (bicyclic) bond motifs is 1. The van der Waals surface area contributed by atoms with Crippen molar-refractivity contribution >= 4 is 38.3 Å². The molecule has 0 bridgehead atoms. The topological polar surface area (TPSA) is 66.9 Å². The minimum absolute atomic E-state index is 0.257. The number of anilines is 1. The molecule has 3 rings (SSSR count). The molecule has 5 nitrogen and oxygen atoms in total. The van der Waals surface area contributed by atoms with E-state index in [9.17, 15) is 4.79 Å². The number of urea groups is 1. The van der Waals surface area contributed by atoms with Crippen molar-refractivity contribution < 1.29 is 4.79 Å². The molecule has 1 aromatic carbocycles. The number of pyridine rings is 1. The van der Waals surface area contributed by atoms with Crippen LogP contribution < -0.4 is 10.6 Å². The highest BCUT2D eigenvalue weighted by atomic mass is 32.1. The van der Waals surface area contributed by atoms with Crippen molar-refractivity contribution in [3.05, 3.63) is 72.1 Å². The number of carbonyl (C=O) groups excluding carboxylic acids is 1. The van der Waals surface area contributed by atoms with Gasteiger partial charge in [-0.25, -0.2) is 9.78 Å². The lowest BCUT2D eigenvalue weighted by atomic mass is 9.97. The van der Waals surface area contributed by atoms with Gasteiger partial charge in [0.25, 0.3) is 0 Å². The fourth-order valence-corrected chi connectivity index (χ4v) is 4.05. The second-order valence-corrected chi connectivity index (χ2v) is 8.28. The van der Waals surface area contributed by atoms with Crippen LogP contribution in [-0.2, 0) is 0 Å². The van der Waals surface area contributed by atoms with E-state index in [2.05, 4.69) is 65.3 Å². The first-order valence-electron chi connectivity index (χ1n) is 10.8. The van der Waals surface area contributed by atoms with E-state index in [1.807, 2.05) is 46.0 Å². The summed E-state index contributed by atoms with van der Waals surface area (Å²) >= 11 is 1.46. The summed E-state index contributed by atoms with van der Waals surface area (Å²) in [5.74, 6) is 0. The summed E-state index contributed by atoms with van der Waals surface area (Å²) in [6, 6.07) is 7.91. The summed E-state index contributed by atoms with van der Waals surface area (Å²) < 4.78 is 1.01. The average Bonchev–Trinajstić information content (AvgIpc) is 3.16. The molecule has 0 atom stereocenters. The van der Waals surface area contributed by atoms with Gasteiger partial charge in [0, 0.05) is 30.1 Å². The first-order valence-corrected chi connectivity index (χ1v) is 11.6. The lowest BCUT2D eigenvalue weighted by Crippen LogP contribution is -2.28. The van der Waals surface area contributed by atoms with Crippen LogP contribution in [-0.4, -0.2) is 22.5 Å². The van der Waals surface area contributed by atoms with Crippen LogP contribution in [0.5, 0.6) is 0 Å². The molecule has 32 heavy (non-hydrogen) atoms. The molecular weight excluding hydrogens is 416 g/mol. The summed E-state index contributed by atoms with van der Waals surface area (Å²) in [5.41, 5.74) is 7.15. The summed E-state index contributed by atoms with van der Waals surface area (Å²) in [6.07, 6.45) is 7.82. The molecule has 0 saturated heterocycles. The first kappa shape index (κ1) is 25.0. The molecule has 0 aliphatic carbocycles. The van der Waals surface area contributed by atoms with E-state index >= 15 is 0 Å². The van der Waals surface area contributed by atoms with Crippen LogP contribution in [0.3, 0.4) is 0 Å². The van der Waals surface area contributed by atoms with Gasteiger partial charge in [0.15, 0.2) is 5.13 Å². The van der Waals surface area contributed by atoms with Gasteiger partial charge in [-0.2, -0.15) is 0 Å². The summed E-state index contributed by atoms with van der Waals surface area (Å²) in [5, 5.41) is 6.12. The summed E-state index contributed by atoms with van der Waals surface area (Å²) in [6.45, 7) is 16.6. The molecule has 0 radical (unpaired) electrons. The number of benzene rings is 1. The molecule has 6 heteroatoms. The average molecular weight is 449 g/mol. The SMILES string of the molecule is C=C(C)/C=C(\C=C(C)C)c1cc(-c2cccnc2)c2sc(NC(=O)NCC)nc2c1.CC. The second kappa shape index (κ2) is 12.0. The van der Waals surface area contributed by atoms with E-state index in [0.29, 0.717) is 11.7 Å². The molecule has 3 aromatic rings. The highest BCUT2D eigenvalue weighted by Gasteiger charge is 2.15. The fourth-order valence-electron chi connectivity index (χ4n) is 3.08. The lowest BCUT2D eigenvalue weighted by molar-refractivity contribution is 0.252. The summed E-state index contributed by atoms with van der Waals surface area (Å²) in [4.78, 5) is 20.9. The minimum Gasteiger partial charge on any atom is -0.338 e. The molecule has 0 fully saturated rings. The van der Waals surface area contributed by atoms with Crippen molar-refractivity contribution in [3.63, 3.8) is 0 Å². The highest BCUT2D eigenvalue weighted by molar-refractivity contribution is 7.22. The van der Waals surface area contributed by atoms with Crippen LogP contribution in [0.25, 0.3) is 26.9 Å². The lowest BCUT2D eigenvalue weighted by Gasteiger charge is -2.09. The van der Waals surface area contributed by atoms with Crippen molar-refractivity contribution in [1.29, 1.82) is 0 Å². The number of carbonyl (C=O) groups is 1. The normalized spacial score (nSPS) is 10.8. The third-order valence-electron chi connectivity index (χ3n) is 4.20. The van der Waals surface area contributed by atoms with Gasteiger partial charge < -0.3 is 5.32 Å². The van der Waals surface area contributed by atoms with Gasteiger partial charge in [0.05, 0.1) is 10.2 Å². The van der Waals surface area contributed by atoms with Crippen molar-refractivity contribution in [2.75, 3.05) is 11.9 Å². The van der Waals surface area contributed by atoms with Crippen molar-refractivity contribution in [2.45, 2.75) is 41.5 Å². The number of hydrogen-bond donors (Lipinski definition) is 2. The molecule has 0 spiro atoms. The van der Waals surface area contributed by atoms with Gasteiger partial charge in [-0.3, -0.25) is 10.3 Å². The molecule has 168 valence electrons. The predicted molar refractivity (Wildman–Crippen MR) is 139 cm³/mol. The van der Waals surface area contributed by atoms with Crippen molar-refractivity contribution in [2.24, 2.45) is 0 Å². The number of thiazole rings is 1. The van der Waals surface area contributed by atoms with E-state index in [0.717, 1.165) is 38.1 Å². The van der Waals surface area contributed by atoms with Crippen LogP contribution >= 0.6 is 11.3 Å². The third-order valence-corrected chi connectivity index (χ3v) is 5.22. The Morgan fingerprint density at radius 3 is 2.53 bits per heavy atom.